The number of nitriles is 1. The van der Waals surface area contributed by atoms with Gasteiger partial charge >= 0.3 is 0 Å². The van der Waals surface area contributed by atoms with E-state index in [0.29, 0.717) is 11.5 Å². The highest BCUT2D eigenvalue weighted by Gasteiger charge is 2.22. The molecule has 0 radical (unpaired) electrons. The zero-order valence-corrected chi connectivity index (χ0v) is 14.8. The first-order chi connectivity index (χ1) is 12.3. The van der Waals surface area contributed by atoms with Gasteiger partial charge in [0.2, 0.25) is 0 Å². The van der Waals surface area contributed by atoms with E-state index in [2.05, 4.69) is 36.0 Å². The molecule has 25 heavy (non-hydrogen) atoms. The van der Waals surface area contributed by atoms with Gasteiger partial charge in [-0.05, 0) is 74.1 Å². The molecule has 1 saturated carbocycles. The molecular formula is C23H26N2. The zero-order chi connectivity index (χ0) is 17.5. The van der Waals surface area contributed by atoms with E-state index >= 15 is 0 Å². The molecule has 1 fully saturated rings. The summed E-state index contributed by atoms with van der Waals surface area (Å²) in [5, 5.41) is 8.89. The monoisotopic (exact) mass is 330 g/mol. The fraction of sp³-hybridized carbons (Fsp3) is 0.391. The van der Waals surface area contributed by atoms with Crippen LogP contribution in [0, 0.1) is 17.2 Å². The number of allylic oxidation sites excluding steroid dienone is 1. The van der Waals surface area contributed by atoms with Crippen molar-refractivity contribution >= 4 is 0 Å². The highest BCUT2D eigenvalue weighted by molar-refractivity contribution is 5.60. The van der Waals surface area contributed by atoms with Crippen LogP contribution in [0.2, 0.25) is 0 Å². The molecule has 0 aliphatic heterocycles. The van der Waals surface area contributed by atoms with Gasteiger partial charge in [0.1, 0.15) is 0 Å². The molecule has 0 bridgehead atoms. The van der Waals surface area contributed by atoms with E-state index in [1.54, 1.807) is 0 Å². The lowest BCUT2D eigenvalue weighted by molar-refractivity contribution is 0.305. The zero-order valence-electron chi connectivity index (χ0n) is 14.8. The van der Waals surface area contributed by atoms with E-state index in [4.69, 9.17) is 5.26 Å². The normalized spacial score (nSPS) is 20.0. The molecule has 1 aliphatic carbocycles. The van der Waals surface area contributed by atoms with Crippen LogP contribution in [0.3, 0.4) is 0 Å². The van der Waals surface area contributed by atoms with E-state index in [9.17, 15) is 0 Å². The molecule has 0 saturated heterocycles. The largest absolute Gasteiger partial charge is 0.256 e. The van der Waals surface area contributed by atoms with Crippen LogP contribution in [-0.4, -0.2) is 4.98 Å². The standard InChI is InChI=1S/C23H26N2/c1-2-3-4-5-18-6-10-20(11-7-18)22-14-15-23(25-17-22)21-12-8-19(16-24)9-13-21/h2,8-9,12-15,17-18,20H,1,3-7,10-11H2. The Bertz CT molecular complexity index is 714. The minimum atomic E-state index is 0.665. The minimum Gasteiger partial charge on any atom is -0.256 e. The lowest BCUT2D eigenvalue weighted by atomic mass is 9.77. The van der Waals surface area contributed by atoms with E-state index in [1.807, 2.05) is 30.3 Å². The summed E-state index contributed by atoms with van der Waals surface area (Å²) in [7, 11) is 0. The Morgan fingerprint density at radius 3 is 2.44 bits per heavy atom. The summed E-state index contributed by atoms with van der Waals surface area (Å²) in [6, 6.07) is 14.1. The van der Waals surface area contributed by atoms with Gasteiger partial charge in [0.15, 0.2) is 0 Å². The molecule has 1 aromatic heterocycles. The SMILES string of the molecule is C=CCCCC1CCC(c2ccc(-c3ccc(C#N)cc3)nc2)CC1. The molecule has 3 rings (SSSR count). The molecular weight excluding hydrogens is 304 g/mol. The third-order valence-electron chi connectivity index (χ3n) is 5.43. The van der Waals surface area contributed by atoms with E-state index < -0.39 is 0 Å². The summed E-state index contributed by atoms with van der Waals surface area (Å²) < 4.78 is 0. The highest BCUT2D eigenvalue weighted by Crippen LogP contribution is 2.37. The number of hydrogen-bond acceptors (Lipinski definition) is 2. The van der Waals surface area contributed by atoms with E-state index in [-0.39, 0.29) is 0 Å². The Morgan fingerprint density at radius 1 is 1.08 bits per heavy atom. The average Bonchev–Trinajstić information content (AvgIpc) is 2.69. The van der Waals surface area contributed by atoms with Gasteiger partial charge < -0.3 is 0 Å². The number of rotatable bonds is 6. The molecule has 0 unspecified atom stereocenters. The van der Waals surface area contributed by atoms with Gasteiger partial charge in [-0.3, -0.25) is 4.98 Å². The predicted molar refractivity (Wildman–Crippen MR) is 103 cm³/mol. The number of nitrogens with zero attached hydrogens (tertiary/aromatic N) is 2. The van der Waals surface area contributed by atoms with Crippen LogP contribution in [0.4, 0.5) is 0 Å². The molecule has 2 aromatic rings. The van der Waals surface area contributed by atoms with E-state index in [0.717, 1.165) is 23.6 Å². The third-order valence-corrected chi connectivity index (χ3v) is 5.43. The molecule has 1 aliphatic rings. The smallest absolute Gasteiger partial charge is 0.0991 e. The van der Waals surface area contributed by atoms with Crippen molar-refractivity contribution in [2.24, 2.45) is 5.92 Å². The van der Waals surface area contributed by atoms with Crippen molar-refractivity contribution < 1.29 is 0 Å². The number of aromatic nitrogens is 1. The van der Waals surface area contributed by atoms with Crippen molar-refractivity contribution in [1.29, 1.82) is 5.26 Å². The summed E-state index contributed by atoms with van der Waals surface area (Å²) in [5.41, 5.74) is 4.11. The fourth-order valence-corrected chi connectivity index (χ4v) is 3.87. The van der Waals surface area contributed by atoms with Crippen molar-refractivity contribution in [3.8, 4) is 17.3 Å². The van der Waals surface area contributed by atoms with Gasteiger partial charge in [0.25, 0.3) is 0 Å². The second kappa shape index (κ2) is 8.62. The summed E-state index contributed by atoms with van der Waals surface area (Å²) in [6.45, 7) is 3.81. The quantitative estimate of drug-likeness (QED) is 0.463. The van der Waals surface area contributed by atoms with Crippen molar-refractivity contribution in [1.82, 2.24) is 4.98 Å². The maximum Gasteiger partial charge on any atom is 0.0991 e. The summed E-state index contributed by atoms with van der Waals surface area (Å²) in [4.78, 5) is 4.67. The molecule has 2 heteroatoms. The van der Waals surface area contributed by atoms with Crippen molar-refractivity contribution in [3.05, 3.63) is 66.4 Å². The van der Waals surface area contributed by atoms with Crippen LogP contribution in [0.25, 0.3) is 11.3 Å². The molecule has 0 N–H and O–H groups in total. The predicted octanol–water partition coefficient (Wildman–Crippen LogP) is 6.25. The van der Waals surface area contributed by atoms with Gasteiger partial charge in [-0.15, -0.1) is 6.58 Å². The van der Waals surface area contributed by atoms with Gasteiger partial charge in [-0.25, -0.2) is 0 Å². The Morgan fingerprint density at radius 2 is 1.84 bits per heavy atom. The number of hydrogen-bond donors (Lipinski definition) is 0. The summed E-state index contributed by atoms with van der Waals surface area (Å²) >= 11 is 0. The van der Waals surface area contributed by atoms with Crippen LogP contribution in [-0.2, 0) is 0 Å². The first-order valence-electron chi connectivity index (χ1n) is 9.37. The van der Waals surface area contributed by atoms with Crippen LogP contribution in [0.5, 0.6) is 0 Å². The molecule has 1 heterocycles. The van der Waals surface area contributed by atoms with Crippen molar-refractivity contribution in [3.63, 3.8) is 0 Å². The minimum absolute atomic E-state index is 0.665. The van der Waals surface area contributed by atoms with Crippen LogP contribution in [0.1, 0.15) is 62.0 Å². The van der Waals surface area contributed by atoms with Crippen LogP contribution in [0.15, 0.2) is 55.3 Å². The lowest BCUT2D eigenvalue weighted by Gasteiger charge is -2.28. The van der Waals surface area contributed by atoms with Crippen molar-refractivity contribution in [2.45, 2.75) is 50.9 Å². The van der Waals surface area contributed by atoms with Crippen LogP contribution >= 0.6 is 0 Å². The first kappa shape index (κ1) is 17.4. The number of pyridine rings is 1. The van der Waals surface area contributed by atoms with Gasteiger partial charge in [-0.1, -0.05) is 30.7 Å². The second-order valence-corrected chi connectivity index (χ2v) is 7.10. The molecule has 0 spiro atoms. The molecule has 1 aromatic carbocycles. The van der Waals surface area contributed by atoms with Crippen molar-refractivity contribution in [2.75, 3.05) is 0 Å². The van der Waals surface area contributed by atoms with E-state index in [1.165, 1.54) is 44.1 Å². The summed E-state index contributed by atoms with van der Waals surface area (Å²) in [5.74, 6) is 1.57. The molecule has 0 atom stereocenters. The first-order valence-corrected chi connectivity index (χ1v) is 9.37. The topological polar surface area (TPSA) is 36.7 Å². The van der Waals surface area contributed by atoms with Gasteiger partial charge in [-0.2, -0.15) is 5.26 Å². The maximum atomic E-state index is 8.89. The molecule has 0 amide bonds. The Kier molecular flexibility index (Phi) is 6.01. The number of benzene rings is 1. The van der Waals surface area contributed by atoms with Gasteiger partial charge in [0.05, 0.1) is 17.3 Å². The van der Waals surface area contributed by atoms with Gasteiger partial charge in [0, 0.05) is 11.8 Å². The maximum absolute atomic E-state index is 8.89. The average molecular weight is 330 g/mol. The lowest BCUT2D eigenvalue weighted by Crippen LogP contribution is -2.13. The number of unbranched alkanes of at least 4 members (excludes halogenated alkanes) is 1. The Balaban J connectivity index is 1.57. The Labute approximate surface area is 151 Å². The summed E-state index contributed by atoms with van der Waals surface area (Å²) in [6.07, 6.45) is 13.2. The van der Waals surface area contributed by atoms with Crippen LogP contribution < -0.4 is 0 Å². The molecule has 2 nitrogen and oxygen atoms in total. The highest BCUT2D eigenvalue weighted by atomic mass is 14.7. The molecule has 128 valence electrons. The fourth-order valence-electron chi connectivity index (χ4n) is 3.87. The third kappa shape index (κ3) is 4.57. The Hall–Kier alpha value is -2.40. The second-order valence-electron chi connectivity index (χ2n) is 7.10.